The van der Waals surface area contributed by atoms with Gasteiger partial charge in [-0.05, 0) is 48.5 Å². The third kappa shape index (κ3) is 5.11. The van der Waals surface area contributed by atoms with Crippen molar-refractivity contribution in [1.82, 2.24) is 10.2 Å². The highest BCUT2D eigenvalue weighted by Gasteiger charge is 2.34. The van der Waals surface area contributed by atoms with E-state index in [0.717, 1.165) is 10.5 Å². The molecule has 0 saturated heterocycles. The molecule has 0 spiro atoms. The van der Waals surface area contributed by atoms with Gasteiger partial charge < -0.3 is 4.43 Å². The van der Waals surface area contributed by atoms with Gasteiger partial charge in [-0.1, -0.05) is 0 Å². The Kier molecular flexibility index (Phi) is 5.47. The van der Waals surface area contributed by atoms with Gasteiger partial charge in [0.05, 0.1) is 12.9 Å². The first-order valence-electron chi connectivity index (χ1n) is 5.62. The van der Waals surface area contributed by atoms with Crippen LogP contribution < -0.4 is 5.32 Å². The predicted molar refractivity (Wildman–Crippen MR) is 69.8 cm³/mol. The number of hydrogen-bond acceptors (Lipinski definition) is 3. The van der Waals surface area contributed by atoms with Gasteiger partial charge in [-0.25, -0.2) is 0 Å². The second-order valence-electron chi connectivity index (χ2n) is 6.02. The largest absolute Gasteiger partial charge is 0.415 e. The van der Waals surface area contributed by atoms with E-state index in [-0.39, 0.29) is 11.1 Å². The van der Waals surface area contributed by atoms with Crippen LogP contribution in [0.15, 0.2) is 0 Å². The van der Waals surface area contributed by atoms with Crippen LogP contribution in [0.4, 0.5) is 0 Å². The Morgan fingerprint density at radius 1 is 1.13 bits per heavy atom. The number of nitrogens with zero attached hydrogens (tertiary/aromatic N) is 1. The molecule has 3 nitrogen and oxygen atoms in total. The Labute approximate surface area is 98.1 Å². The highest BCUT2D eigenvalue weighted by Crippen LogP contribution is 2.26. The van der Waals surface area contributed by atoms with Crippen molar-refractivity contribution in [3.63, 3.8) is 0 Å². The lowest BCUT2D eigenvalue weighted by Crippen LogP contribution is -2.60. The molecule has 1 N–H and O–H groups in total. The Bertz CT molecular complexity index is 170. The van der Waals surface area contributed by atoms with Crippen molar-refractivity contribution >= 4 is 10.5 Å². The summed E-state index contributed by atoms with van der Waals surface area (Å²) in [5.41, 5.74) is 0.297. The first-order chi connectivity index (χ1) is 6.60. The van der Waals surface area contributed by atoms with Crippen molar-refractivity contribution in [1.29, 1.82) is 0 Å². The summed E-state index contributed by atoms with van der Waals surface area (Å²) in [6.07, 6.45) is 0.318. The molecule has 0 aromatic rings. The zero-order valence-electron chi connectivity index (χ0n) is 11.6. The Morgan fingerprint density at radius 3 is 1.80 bits per heavy atom. The summed E-state index contributed by atoms with van der Waals surface area (Å²) in [7, 11) is 0.788. The molecule has 0 fully saturated rings. The topological polar surface area (TPSA) is 24.5 Å². The zero-order valence-corrected chi connectivity index (χ0v) is 13.6. The maximum absolute atomic E-state index is 5.19. The van der Waals surface area contributed by atoms with Crippen molar-refractivity contribution in [2.75, 3.05) is 6.73 Å². The lowest BCUT2D eigenvalue weighted by atomic mass is 9.95. The molecule has 0 aromatic heterocycles. The molecule has 0 saturated carbocycles. The molecule has 0 aliphatic heterocycles. The highest BCUT2D eigenvalue weighted by molar-refractivity contribution is 5.97. The SMILES string of the molecule is CC(NCO[SiH3])N(C(C)(C)C)C(C)(C)C. The standard InChI is InChI=1S/C11H28N2OSi/c1-9(12-8-14-15)13(10(2,3)4)11(5,6)7/h9,12H,8H2,1-7,15H3. The average Bonchev–Trinajstić information content (AvgIpc) is 1.94. The summed E-state index contributed by atoms with van der Waals surface area (Å²) in [5.74, 6) is 0. The van der Waals surface area contributed by atoms with Crippen LogP contribution in [0.25, 0.3) is 0 Å². The van der Waals surface area contributed by atoms with Gasteiger partial charge in [-0.15, -0.1) is 0 Å². The van der Waals surface area contributed by atoms with E-state index in [0.29, 0.717) is 12.9 Å². The third-order valence-corrected chi connectivity index (χ3v) is 2.64. The lowest BCUT2D eigenvalue weighted by Gasteiger charge is -2.49. The first-order valence-corrected chi connectivity index (χ1v) is 6.44. The van der Waals surface area contributed by atoms with Crippen LogP contribution in [-0.4, -0.2) is 39.4 Å². The summed E-state index contributed by atoms with van der Waals surface area (Å²) < 4.78 is 5.19. The third-order valence-electron chi connectivity index (χ3n) is 2.36. The molecule has 0 aliphatic rings. The van der Waals surface area contributed by atoms with E-state index in [1.54, 1.807) is 0 Å². The van der Waals surface area contributed by atoms with Crippen molar-refractivity contribution in [2.45, 2.75) is 65.7 Å². The van der Waals surface area contributed by atoms with Crippen LogP contribution in [0.2, 0.25) is 0 Å². The van der Waals surface area contributed by atoms with Gasteiger partial charge in [0.2, 0.25) is 0 Å². The van der Waals surface area contributed by atoms with Gasteiger partial charge >= 0.3 is 0 Å². The molecule has 0 rings (SSSR count). The molecule has 15 heavy (non-hydrogen) atoms. The Morgan fingerprint density at radius 2 is 1.53 bits per heavy atom. The van der Waals surface area contributed by atoms with Gasteiger partial charge in [0.1, 0.15) is 10.5 Å². The van der Waals surface area contributed by atoms with Gasteiger partial charge in [0.25, 0.3) is 0 Å². The zero-order chi connectivity index (χ0) is 12.3. The summed E-state index contributed by atoms with van der Waals surface area (Å²) in [4.78, 5) is 2.47. The number of hydrogen-bond donors (Lipinski definition) is 1. The van der Waals surface area contributed by atoms with E-state index < -0.39 is 0 Å². The van der Waals surface area contributed by atoms with Crippen molar-refractivity contribution < 1.29 is 4.43 Å². The molecule has 4 heteroatoms. The smallest absolute Gasteiger partial charge is 0.147 e. The lowest BCUT2D eigenvalue weighted by molar-refractivity contribution is -0.0178. The van der Waals surface area contributed by atoms with Crippen molar-refractivity contribution in [3.05, 3.63) is 0 Å². The second-order valence-corrected chi connectivity index (χ2v) is 6.60. The molecule has 0 aromatic carbocycles. The van der Waals surface area contributed by atoms with E-state index in [9.17, 15) is 0 Å². The summed E-state index contributed by atoms with van der Waals surface area (Å²) >= 11 is 0. The second kappa shape index (κ2) is 5.43. The van der Waals surface area contributed by atoms with E-state index in [4.69, 9.17) is 4.43 Å². The summed E-state index contributed by atoms with van der Waals surface area (Å²) in [5, 5.41) is 3.38. The first kappa shape index (κ1) is 15.1. The van der Waals surface area contributed by atoms with Gasteiger partial charge in [0.15, 0.2) is 0 Å². The molecule has 1 atom stereocenters. The molecule has 0 bridgehead atoms. The van der Waals surface area contributed by atoms with Gasteiger partial charge in [-0.2, -0.15) is 0 Å². The predicted octanol–water partition coefficient (Wildman–Crippen LogP) is 1.08. The quantitative estimate of drug-likeness (QED) is 0.580. The maximum atomic E-state index is 5.19. The Balaban J connectivity index is 4.65. The molecule has 92 valence electrons. The molecular formula is C11H28N2OSi. The molecular weight excluding hydrogens is 204 g/mol. The fourth-order valence-electron chi connectivity index (χ4n) is 2.46. The highest BCUT2D eigenvalue weighted by atomic mass is 28.2. The van der Waals surface area contributed by atoms with Gasteiger partial charge in [-0.3, -0.25) is 10.2 Å². The molecule has 0 radical (unpaired) electrons. The number of nitrogens with one attached hydrogen (secondary N) is 1. The normalized spacial score (nSPS) is 16.0. The Hall–Kier alpha value is 0.0969. The minimum absolute atomic E-state index is 0.149. The van der Waals surface area contributed by atoms with Crippen LogP contribution >= 0.6 is 0 Å². The fraction of sp³-hybridized carbons (Fsp3) is 1.00. The van der Waals surface area contributed by atoms with Crippen molar-refractivity contribution in [3.8, 4) is 0 Å². The van der Waals surface area contributed by atoms with Crippen LogP contribution in [-0.2, 0) is 4.43 Å². The molecule has 0 heterocycles. The average molecular weight is 232 g/mol. The van der Waals surface area contributed by atoms with Crippen LogP contribution in [0, 0.1) is 0 Å². The van der Waals surface area contributed by atoms with E-state index in [1.807, 2.05) is 0 Å². The van der Waals surface area contributed by atoms with E-state index in [1.165, 1.54) is 0 Å². The minimum Gasteiger partial charge on any atom is -0.415 e. The van der Waals surface area contributed by atoms with Crippen LogP contribution in [0.5, 0.6) is 0 Å². The van der Waals surface area contributed by atoms with Gasteiger partial charge in [0, 0.05) is 11.1 Å². The molecule has 1 unspecified atom stereocenters. The number of rotatable bonds is 4. The molecule has 0 amide bonds. The van der Waals surface area contributed by atoms with Crippen LogP contribution in [0.3, 0.4) is 0 Å². The summed E-state index contributed by atoms with van der Waals surface area (Å²) in [6, 6.07) is 0. The molecule has 0 aliphatic carbocycles. The van der Waals surface area contributed by atoms with E-state index >= 15 is 0 Å². The minimum atomic E-state index is 0.149. The fourth-order valence-corrected chi connectivity index (χ4v) is 2.63. The maximum Gasteiger partial charge on any atom is 0.147 e. The monoisotopic (exact) mass is 232 g/mol. The summed E-state index contributed by atoms with van der Waals surface area (Å²) in [6.45, 7) is 16.3. The van der Waals surface area contributed by atoms with E-state index in [2.05, 4.69) is 58.7 Å². The van der Waals surface area contributed by atoms with Crippen molar-refractivity contribution in [2.24, 2.45) is 0 Å². The van der Waals surface area contributed by atoms with Crippen LogP contribution in [0.1, 0.15) is 48.5 Å².